The first kappa shape index (κ1) is 18.0. The summed E-state index contributed by atoms with van der Waals surface area (Å²) in [5.41, 5.74) is 3.58. The minimum atomic E-state index is -0.362. The summed E-state index contributed by atoms with van der Waals surface area (Å²) in [5.74, 6) is 0.664. The first-order valence-corrected chi connectivity index (χ1v) is 9.49. The molecule has 5 heteroatoms. The van der Waals surface area contributed by atoms with Crippen LogP contribution in [0.3, 0.4) is 0 Å². The summed E-state index contributed by atoms with van der Waals surface area (Å²) in [6, 6.07) is 15.6. The Hall–Kier alpha value is -3.34. The second kappa shape index (κ2) is 7.35. The molecular weight excluding hydrogens is 352 g/mol. The third-order valence-electron chi connectivity index (χ3n) is 5.05. The molecule has 4 aromatic rings. The zero-order valence-electron chi connectivity index (χ0n) is 16.3. The Morgan fingerprint density at radius 2 is 1.75 bits per heavy atom. The molecule has 0 N–H and O–H groups in total. The highest BCUT2D eigenvalue weighted by molar-refractivity contribution is 5.83. The van der Waals surface area contributed by atoms with Crippen LogP contribution < -0.4 is 15.1 Å². The standard InChI is InChI=1S/C23H23N2O3/c1-4-25(5-2)18-12-10-16-14-17(23(26)28-21(16)15-18)11-13-22-24(3)19-8-6-7-9-20(19)27-22/h6-15H,4-5H2,1-3H3/q+1. The Morgan fingerprint density at radius 3 is 2.50 bits per heavy atom. The molecular formula is C23H23N2O3+. The second-order valence-corrected chi connectivity index (χ2v) is 6.68. The quantitative estimate of drug-likeness (QED) is 0.384. The van der Waals surface area contributed by atoms with E-state index in [0.717, 1.165) is 35.3 Å². The van der Waals surface area contributed by atoms with Crippen molar-refractivity contribution >= 4 is 39.9 Å². The van der Waals surface area contributed by atoms with E-state index in [4.69, 9.17) is 8.83 Å². The van der Waals surface area contributed by atoms with E-state index in [9.17, 15) is 4.79 Å². The van der Waals surface area contributed by atoms with E-state index in [1.807, 2.05) is 54.1 Å². The molecule has 0 aliphatic carbocycles. The molecule has 0 bridgehead atoms. The fourth-order valence-corrected chi connectivity index (χ4v) is 3.44. The van der Waals surface area contributed by atoms with Gasteiger partial charge in [0.05, 0.1) is 11.6 Å². The minimum Gasteiger partial charge on any atom is -0.422 e. The van der Waals surface area contributed by atoms with Gasteiger partial charge in [-0.2, -0.15) is 4.57 Å². The zero-order chi connectivity index (χ0) is 19.7. The number of fused-ring (bicyclic) bond motifs is 2. The number of oxazole rings is 1. The highest BCUT2D eigenvalue weighted by Crippen LogP contribution is 2.22. The van der Waals surface area contributed by atoms with E-state index in [1.165, 1.54) is 0 Å². The molecule has 28 heavy (non-hydrogen) atoms. The van der Waals surface area contributed by atoms with Gasteiger partial charge >= 0.3 is 11.5 Å². The molecule has 0 saturated carbocycles. The maximum absolute atomic E-state index is 12.5. The van der Waals surface area contributed by atoms with E-state index in [2.05, 4.69) is 24.8 Å². The maximum atomic E-state index is 12.5. The van der Waals surface area contributed by atoms with E-state index >= 15 is 0 Å². The number of nitrogens with zero attached hydrogens (tertiary/aromatic N) is 2. The summed E-state index contributed by atoms with van der Waals surface area (Å²) in [7, 11) is 1.93. The van der Waals surface area contributed by atoms with Crippen molar-refractivity contribution in [3.05, 3.63) is 70.4 Å². The number of rotatable bonds is 5. The summed E-state index contributed by atoms with van der Waals surface area (Å²) >= 11 is 0. The molecule has 142 valence electrons. The number of hydrogen-bond acceptors (Lipinski definition) is 4. The van der Waals surface area contributed by atoms with Gasteiger partial charge in [-0.05, 0) is 44.2 Å². The van der Waals surface area contributed by atoms with Crippen molar-refractivity contribution in [2.24, 2.45) is 7.05 Å². The van der Waals surface area contributed by atoms with Crippen LogP contribution in [-0.4, -0.2) is 13.1 Å². The van der Waals surface area contributed by atoms with Crippen molar-refractivity contribution in [1.29, 1.82) is 0 Å². The lowest BCUT2D eigenvalue weighted by Gasteiger charge is -2.20. The third kappa shape index (κ3) is 3.20. The summed E-state index contributed by atoms with van der Waals surface area (Å²) in [6.45, 7) is 6.02. The molecule has 0 fully saturated rings. The number of aromatic nitrogens is 1. The molecule has 2 heterocycles. The fourth-order valence-electron chi connectivity index (χ4n) is 3.44. The van der Waals surface area contributed by atoms with Gasteiger partial charge < -0.3 is 13.7 Å². The Balaban J connectivity index is 1.71. The van der Waals surface area contributed by atoms with E-state index < -0.39 is 0 Å². The van der Waals surface area contributed by atoms with Crippen molar-refractivity contribution in [2.45, 2.75) is 13.8 Å². The number of hydrogen-bond donors (Lipinski definition) is 0. The van der Waals surface area contributed by atoms with Gasteiger partial charge in [-0.3, -0.25) is 0 Å². The minimum absolute atomic E-state index is 0.362. The van der Waals surface area contributed by atoms with E-state index in [-0.39, 0.29) is 5.63 Å². The highest BCUT2D eigenvalue weighted by atomic mass is 16.4. The monoisotopic (exact) mass is 375 g/mol. The topological polar surface area (TPSA) is 50.5 Å². The lowest BCUT2D eigenvalue weighted by molar-refractivity contribution is -0.651. The SMILES string of the molecule is CCN(CC)c1ccc2cc(/C=C/c3oc4ccccc4[n+]3C)c(=O)oc2c1. The Bertz CT molecular complexity index is 1230. The average molecular weight is 375 g/mol. The molecule has 0 amide bonds. The van der Waals surface area contributed by atoms with Crippen LogP contribution in [-0.2, 0) is 7.05 Å². The zero-order valence-corrected chi connectivity index (χ0v) is 16.3. The number of anilines is 1. The van der Waals surface area contributed by atoms with Crippen LogP contribution in [0, 0.1) is 0 Å². The van der Waals surface area contributed by atoms with Crippen LogP contribution in [0.2, 0.25) is 0 Å². The first-order chi connectivity index (χ1) is 13.6. The summed E-state index contributed by atoms with van der Waals surface area (Å²) in [4.78, 5) is 14.7. The Kier molecular flexibility index (Phi) is 4.74. The molecule has 4 rings (SSSR count). The van der Waals surface area contributed by atoms with Gasteiger partial charge in [0.15, 0.2) is 0 Å². The number of para-hydroxylation sites is 2. The Labute approximate surface area is 163 Å². The predicted octanol–water partition coefficient (Wildman–Crippen LogP) is 4.38. The van der Waals surface area contributed by atoms with Crippen molar-refractivity contribution in [3.8, 4) is 0 Å². The van der Waals surface area contributed by atoms with Crippen LogP contribution in [0.1, 0.15) is 25.3 Å². The first-order valence-electron chi connectivity index (χ1n) is 9.49. The van der Waals surface area contributed by atoms with Gasteiger partial charge in [0.25, 0.3) is 5.52 Å². The molecule has 0 aliphatic heterocycles. The van der Waals surface area contributed by atoms with Gasteiger partial charge in [-0.1, -0.05) is 12.1 Å². The highest BCUT2D eigenvalue weighted by Gasteiger charge is 2.16. The largest absolute Gasteiger partial charge is 0.422 e. The number of benzene rings is 2. The molecule has 0 unspecified atom stereocenters. The van der Waals surface area contributed by atoms with Gasteiger partial charge in [-0.25, -0.2) is 4.79 Å². The summed E-state index contributed by atoms with van der Waals surface area (Å²) < 4.78 is 13.4. The van der Waals surface area contributed by atoms with Gasteiger partial charge in [0.2, 0.25) is 5.58 Å². The van der Waals surface area contributed by atoms with Gasteiger partial charge in [0.1, 0.15) is 12.6 Å². The van der Waals surface area contributed by atoms with Crippen molar-refractivity contribution in [3.63, 3.8) is 0 Å². The molecule has 0 saturated heterocycles. The summed E-state index contributed by atoms with van der Waals surface area (Å²) in [5, 5.41) is 0.893. The maximum Gasteiger partial charge on any atom is 0.373 e. The van der Waals surface area contributed by atoms with Crippen LogP contribution >= 0.6 is 0 Å². The molecule has 0 atom stereocenters. The van der Waals surface area contributed by atoms with Crippen LogP contribution in [0.15, 0.2) is 62.2 Å². The molecule has 5 nitrogen and oxygen atoms in total. The normalized spacial score (nSPS) is 11.7. The predicted molar refractivity (Wildman–Crippen MR) is 112 cm³/mol. The van der Waals surface area contributed by atoms with E-state index in [1.54, 1.807) is 12.2 Å². The van der Waals surface area contributed by atoms with E-state index in [0.29, 0.717) is 17.0 Å². The van der Waals surface area contributed by atoms with Gasteiger partial charge in [-0.15, -0.1) is 0 Å². The fraction of sp³-hybridized carbons (Fsp3) is 0.217. The molecule has 0 radical (unpaired) electrons. The molecule has 2 aromatic heterocycles. The average Bonchev–Trinajstić information content (AvgIpc) is 3.03. The van der Waals surface area contributed by atoms with Crippen LogP contribution in [0.4, 0.5) is 5.69 Å². The lowest BCUT2D eigenvalue weighted by atomic mass is 10.1. The van der Waals surface area contributed by atoms with Crippen molar-refractivity contribution in [1.82, 2.24) is 0 Å². The number of aryl methyl sites for hydroxylation is 1. The van der Waals surface area contributed by atoms with Gasteiger partial charge in [0, 0.05) is 36.3 Å². The molecule has 2 aromatic carbocycles. The third-order valence-corrected chi connectivity index (χ3v) is 5.05. The summed E-state index contributed by atoms with van der Waals surface area (Å²) in [6.07, 6.45) is 3.53. The lowest BCUT2D eigenvalue weighted by Crippen LogP contribution is -2.29. The van der Waals surface area contributed by atoms with Crippen molar-refractivity contribution in [2.75, 3.05) is 18.0 Å². The second-order valence-electron chi connectivity index (χ2n) is 6.68. The van der Waals surface area contributed by atoms with Crippen LogP contribution in [0.5, 0.6) is 0 Å². The smallest absolute Gasteiger partial charge is 0.373 e. The molecule has 0 spiro atoms. The Morgan fingerprint density at radius 1 is 0.964 bits per heavy atom. The van der Waals surface area contributed by atoms with Crippen molar-refractivity contribution < 1.29 is 13.4 Å². The molecule has 0 aliphatic rings. The van der Waals surface area contributed by atoms with Crippen LogP contribution in [0.25, 0.3) is 34.2 Å².